The molecule has 0 rings (SSSR count). The molecule has 1 unspecified atom stereocenters. The van der Waals surface area contributed by atoms with Gasteiger partial charge in [-0.3, -0.25) is 4.79 Å². The van der Waals surface area contributed by atoms with E-state index >= 15 is 0 Å². The fourth-order valence-corrected chi connectivity index (χ4v) is 1.31. The Hall–Kier alpha value is -0.610. The predicted octanol–water partition coefficient (Wildman–Crippen LogP) is 1.04. The molecule has 1 amide bonds. The highest BCUT2D eigenvalue weighted by Gasteiger charge is 2.19. The third-order valence-corrected chi connectivity index (χ3v) is 2.57. The van der Waals surface area contributed by atoms with Gasteiger partial charge in [0.2, 0.25) is 5.91 Å². The molecule has 96 valence electrons. The lowest BCUT2D eigenvalue weighted by atomic mass is 10.1. The summed E-state index contributed by atoms with van der Waals surface area (Å²) in [7, 11) is 0. The van der Waals surface area contributed by atoms with Crippen molar-refractivity contribution in [2.45, 2.75) is 65.1 Å². The van der Waals surface area contributed by atoms with Crippen molar-refractivity contribution in [2.24, 2.45) is 0 Å². The highest BCUT2D eigenvalue weighted by Crippen LogP contribution is 2.00. The Balaban J connectivity index is 3.99. The van der Waals surface area contributed by atoms with Gasteiger partial charge >= 0.3 is 0 Å². The summed E-state index contributed by atoms with van der Waals surface area (Å²) in [5, 5.41) is 15.5. The molecule has 16 heavy (non-hydrogen) atoms. The minimum Gasteiger partial charge on any atom is -0.389 e. The van der Waals surface area contributed by atoms with Crippen LogP contribution in [-0.4, -0.2) is 35.2 Å². The van der Waals surface area contributed by atoms with Crippen LogP contribution in [0.4, 0.5) is 0 Å². The van der Waals surface area contributed by atoms with Gasteiger partial charge in [-0.25, -0.2) is 0 Å². The van der Waals surface area contributed by atoms with E-state index in [9.17, 15) is 9.90 Å². The van der Waals surface area contributed by atoms with Crippen LogP contribution < -0.4 is 10.6 Å². The number of rotatable bonds is 7. The first-order valence-electron chi connectivity index (χ1n) is 6.06. The zero-order valence-corrected chi connectivity index (χ0v) is 11.1. The van der Waals surface area contributed by atoms with Crippen molar-refractivity contribution in [3.05, 3.63) is 0 Å². The van der Waals surface area contributed by atoms with E-state index in [4.69, 9.17) is 0 Å². The van der Waals surface area contributed by atoms with Crippen LogP contribution in [0.5, 0.6) is 0 Å². The molecular formula is C12H26N2O2. The Bertz CT molecular complexity index is 208. The number of carbonyl (C=O) groups is 1. The number of hydrogen-bond donors (Lipinski definition) is 3. The van der Waals surface area contributed by atoms with E-state index in [1.54, 1.807) is 13.8 Å². The smallest absolute Gasteiger partial charge is 0.237 e. The summed E-state index contributed by atoms with van der Waals surface area (Å²) in [5.41, 5.74) is -0.788. The molecule has 0 radical (unpaired) electrons. The van der Waals surface area contributed by atoms with Crippen molar-refractivity contribution in [3.63, 3.8) is 0 Å². The maximum absolute atomic E-state index is 11.7. The molecule has 0 spiro atoms. The molecule has 0 aromatic carbocycles. The molecule has 3 N–H and O–H groups in total. The summed E-state index contributed by atoms with van der Waals surface area (Å²) in [6.45, 7) is 9.76. The molecule has 0 aliphatic carbocycles. The van der Waals surface area contributed by atoms with E-state index < -0.39 is 5.60 Å². The summed E-state index contributed by atoms with van der Waals surface area (Å²) in [5.74, 6) is -0.00190. The zero-order valence-electron chi connectivity index (χ0n) is 11.1. The monoisotopic (exact) mass is 230 g/mol. The van der Waals surface area contributed by atoms with Gasteiger partial charge in [-0.15, -0.1) is 0 Å². The summed E-state index contributed by atoms with van der Waals surface area (Å²) >= 11 is 0. The average Bonchev–Trinajstić information content (AvgIpc) is 2.20. The van der Waals surface area contributed by atoms with E-state index in [1.165, 1.54) is 0 Å². The minimum absolute atomic E-state index is 0.00190. The Labute approximate surface area is 98.8 Å². The van der Waals surface area contributed by atoms with Crippen LogP contribution in [0.25, 0.3) is 0 Å². The number of hydrogen-bond acceptors (Lipinski definition) is 3. The van der Waals surface area contributed by atoms with Gasteiger partial charge in [-0.1, -0.05) is 13.8 Å². The lowest BCUT2D eigenvalue weighted by Crippen LogP contribution is -2.49. The molecule has 0 aliphatic rings. The van der Waals surface area contributed by atoms with Gasteiger partial charge in [0.25, 0.3) is 0 Å². The van der Waals surface area contributed by atoms with E-state index in [-0.39, 0.29) is 18.0 Å². The maximum atomic E-state index is 11.7. The van der Waals surface area contributed by atoms with Crippen LogP contribution in [-0.2, 0) is 4.79 Å². The van der Waals surface area contributed by atoms with Gasteiger partial charge in [0.15, 0.2) is 0 Å². The highest BCUT2D eigenvalue weighted by molar-refractivity contribution is 5.81. The number of amides is 1. The SMILES string of the molecule is CCC(CC)NC(=O)C(C)NCC(C)(C)O. The molecule has 0 fully saturated rings. The van der Waals surface area contributed by atoms with Crippen LogP contribution in [0.15, 0.2) is 0 Å². The Morgan fingerprint density at radius 3 is 2.19 bits per heavy atom. The molecule has 0 heterocycles. The Kier molecular flexibility index (Phi) is 6.60. The van der Waals surface area contributed by atoms with Gasteiger partial charge in [0.1, 0.15) is 0 Å². The van der Waals surface area contributed by atoms with Crippen LogP contribution in [0.2, 0.25) is 0 Å². The third kappa shape index (κ3) is 6.80. The fraction of sp³-hybridized carbons (Fsp3) is 0.917. The average molecular weight is 230 g/mol. The van der Waals surface area contributed by atoms with Crippen molar-refractivity contribution in [2.75, 3.05) is 6.54 Å². The molecule has 0 aromatic heterocycles. The first kappa shape index (κ1) is 15.4. The van der Waals surface area contributed by atoms with E-state index in [0.29, 0.717) is 6.54 Å². The molecule has 4 heteroatoms. The second-order valence-electron chi connectivity index (χ2n) is 4.94. The van der Waals surface area contributed by atoms with Gasteiger partial charge in [0, 0.05) is 12.6 Å². The standard InChI is InChI=1S/C12H26N2O2/c1-6-10(7-2)14-11(15)9(3)13-8-12(4,5)16/h9-10,13,16H,6-8H2,1-5H3,(H,14,15). The second-order valence-corrected chi connectivity index (χ2v) is 4.94. The van der Waals surface area contributed by atoms with E-state index in [0.717, 1.165) is 12.8 Å². The lowest BCUT2D eigenvalue weighted by molar-refractivity contribution is -0.123. The van der Waals surface area contributed by atoms with Crippen molar-refractivity contribution >= 4 is 5.91 Å². The Morgan fingerprint density at radius 2 is 1.81 bits per heavy atom. The maximum Gasteiger partial charge on any atom is 0.237 e. The molecule has 0 aromatic rings. The van der Waals surface area contributed by atoms with Gasteiger partial charge in [-0.05, 0) is 33.6 Å². The van der Waals surface area contributed by atoms with Crippen LogP contribution in [0.3, 0.4) is 0 Å². The number of aliphatic hydroxyl groups is 1. The normalized spacial score (nSPS) is 13.9. The van der Waals surface area contributed by atoms with Gasteiger partial charge < -0.3 is 15.7 Å². The zero-order chi connectivity index (χ0) is 12.8. The minimum atomic E-state index is -0.788. The summed E-state index contributed by atoms with van der Waals surface area (Å²) in [6.07, 6.45) is 1.89. The first-order chi connectivity index (χ1) is 7.30. The van der Waals surface area contributed by atoms with Crippen molar-refractivity contribution in [1.29, 1.82) is 0 Å². The van der Waals surface area contributed by atoms with Crippen molar-refractivity contribution in [1.82, 2.24) is 10.6 Å². The molecule has 1 atom stereocenters. The van der Waals surface area contributed by atoms with Crippen molar-refractivity contribution in [3.8, 4) is 0 Å². The van der Waals surface area contributed by atoms with Crippen LogP contribution in [0, 0.1) is 0 Å². The largest absolute Gasteiger partial charge is 0.389 e. The first-order valence-corrected chi connectivity index (χ1v) is 6.06. The molecule has 0 bridgehead atoms. The molecule has 4 nitrogen and oxygen atoms in total. The van der Waals surface area contributed by atoms with Crippen LogP contribution in [0.1, 0.15) is 47.5 Å². The fourth-order valence-electron chi connectivity index (χ4n) is 1.31. The molecule has 0 aliphatic heterocycles. The second kappa shape index (κ2) is 6.86. The highest BCUT2D eigenvalue weighted by atomic mass is 16.3. The predicted molar refractivity (Wildman–Crippen MR) is 66.3 cm³/mol. The summed E-state index contributed by atoms with van der Waals surface area (Å²) < 4.78 is 0. The molecule has 0 saturated carbocycles. The van der Waals surface area contributed by atoms with E-state index in [1.807, 2.05) is 6.92 Å². The topological polar surface area (TPSA) is 61.4 Å². The molecular weight excluding hydrogens is 204 g/mol. The van der Waals surface area contributed by atoms with Gasteiger partial charge in [-0.2, -0.15) is 0 Å². The van der Waals surface area contributed by atoms with Crippen LogP contribution >= 0.6 is 0 Å². The quantitative estimate of drug-likeness (QED) is 0.612. The summed E-state index contributed by atoms with van der Waals surface area (Å²) in [6, 6.07) is -0.0223. The Morgan fingerprint density at radius 1 is 1.31 bits per heavy atom. The van der Waals surface area contributed by atoms with E-state index in [2.05, 4.69) is 24.5 Å². The third-order valence-electron chi connectivity index (χ3n) is 2.57. The number of carbonyl (C=O) groups excluding carboxylic acids is 1. The summed E-state index contributed by atoms with van der Waals surface area (Å²) in [4.78, 5) is 11.7. The van der Waals surface area contributed by atoms with Gasteiger partial charge in [0.05, 0.1) is 11.6 Å². The lowest BCUT2D eigenvalue weighted by Gasteiger charge is -2.23. The number of nitrogens with one attached hydrogen (secondary N) is 2. The molecule has 0 saturated heterocycles. The van der Waals surface area contributed by atoms with Crippen molar-refractivity contribution < 1.29 is 9.90 Å².